The van der Waals surface area contributed by atoms with Gasteiger partial charge in [0.2, 0.25) is 5.91 Å². The number of nitrogens with zero attached hydrogens (tertiary/aromatic N) is 1. The summed E-state index contributed by atoms with van der Waals surface area (Å²) in [5.74, 6) is -0.136. The fourth-order valence-corrected chi connectivity index (χ4v) is 10.7. The molecule has 3 N–H and O–H groups in total. The maximum absolute atomic E-state index is 13.0. The number of hydrogen-bond donors (Lipinski definition) is 3. The Kier molecular flexibility index (Phi) is 54.4. The van der Waals surface area contributed by atoms with Crippen LogP contribution in [0.1, 0.15) is 335 Å². The van der Waals surface area contributed by atoms with Crippen molar-refractivity contribution in [2.24, 2.45) is 0 Å². The second-order valence-electron chi connectivity index (χ2n) is 23.5. The number of rotatable bonds is 60. The Hall–Kier alpha value is -0.760. The Balaban J connectivity index is 4.04. The number of phosphoric acid groups is 1. The van der Waals surface area contributed by atoms with Crippen molar-refractivity contribution in [3.05, 3.63) is 12.2 Å². The number of aliphatic hydroxyl groups is 1. The fraction of sp³-hybridized carbons (Fsp3) is 0.952. The smallest absolute Gasteiger partial charge is 0.391 e. The molecule has 0 radical (unpaired) electrons. The zero-order valence-corrected chi connectivity index (χ0v) is 50.1. The summed E-state index contributed by atoms with van der Waals surface area (Å²) < 4.78 is 23.8. The van der Waals surface area contributed by atoms with Gasteiger partial charge in [-0.25, -0.2) is 4.57 Å². The second kappa shape index (κ2) is 55.0. The van der Waals surface area contributed by atoms with Crippen LogP contribution in [0.3, 0.4) is 0 Å². The predicted octanol–water partition coefficient (Wildman–Crippen LogP) is 19.8. The van der Waals surface area contributed by atoms with E-state index >= 15 is 0 Å². The molecule has 430 valence electrons. The number of aliphatic hydroxyl groups excluding tert-OH is 1. The molecule has 0 fully saturated rings. The third kappa shape index (κ3) is 57.0. The number of allylic oxidation sites excluding steroid dienone is 2. The molecule has 72 heavy (non-hydrogen) atoms. The average Bonchev–Trinajstić information content (AvgIpc) is 3.34. The van der Waals surface area contributed by atoms with Crippen LogP contribution in [0.2, 0.25) is 0 Å². The molecule has 8 nitrogen and oxygen atoms in total. The molecule has 0 saturated heterocycles. The number of hydrogen-bond acceptors (Lipinski definition) is 5. The second-order valence-corrected chi connectivity index (χ2v) is 25.0. The van der Waals surface area contributed by atoms with E-state index in [-0.39, 0.29) is 19.1 Å². The Morgan fingerprint density at radius 2 is 0.750 bits per heavy atom. The monoisotopic (exact) mass is 1040 g/mol. The van der Waals surface area contributed by atoms with Gasteiger partial charge in [0.1, 0.15) is 13.2 Å². The number of nitrogens with one attached hydrogen (secondary N) is 1. The zero-order valence-electron chi connectivity index (χ0n) is 49.2. The third-order valence-electron chi connectivity index (χ3n) is 15.0. The number of carbonyl (C=O) groups excluding carboxylic acids is 1. The molecule has 0 aromatic rings. The van der Waals surface area contributed by atoms with E-state index in [0.29, 0.717) is 23.9 Å². The van der Waals surface area contributed by atoms with Gasteiger partial charge in [0.15, 0.2) is 0 Å². The van der Waals surface area contributed by atoms with E-state index in [2.05, 4.69) is 31.3 Å². The third-order valence-corrected chi connectivity index (χ3v) is 16.0. The summed E-state index contributed by atoms with van der Waals surface area (Å²) in [4.78, 5) is 23.4. The van der Waals surface area contributed by atoms with Crippen molar-refractivity contribution in [1.29, 1.82) is 0 Å². The van der Waals surface area contributed by atoms with E-state index in [0.717, 1.165) is 38.5 Å². The number of likely N-dealkylation sites (N-methyl/N-ethyl adjacent to an activating group) is 1. The average molecular weight is 1040 g/mol. The van der Waals surface area contributed by atoms with E-state index in [1.807, 2.05) is 21.1 Å². The predicted molar refractivity (Wildman–Crippen MR) is 314 cm³/mol. The highest BCUT2D eigenvalue weighted by molar-refractivity contribution is 7.47. The molecule has 3 unspecified atom stereocenters. The van der Waals surface area contributed by atoms with Crippen LogP contribution in [-0.2, 0) is 18.4 Å². The van der Waals surface area contributed by atoms with Crippen molar-refractivity contribution in [3.8, 4) is 0 Å². The van der Waals surface area contributed by atoms with E-state index in [1.165, 1.54) is 270 Å². The van der Waals surface area contributed by atoms with Crippen LogP contribution >= 0.6 is 7.82 Å². The summed E-state index contributed by atoms with van der Waals surface area (Å²) in [5, 5.41) is 14.1. The van der Waals surface area contributed by atoms with Crippen molar-refractivity contribution in [2.45, 2.75) is 347 Å². The minimum Gasteiger partial charge on any atom is -0.391 e. The lowest BCUT2D eigenvalue weighted by Crippen LogP contribution is -2.46. The largest absolute Gasteiger partial charge is 0.472 e. The molecule has 0 aliphatic rings. The van der Waals surface area contributed by atoms with Crippen molar-refractivity contribution in [2.75, 3.05) is 40.9 Å². The number of carbonyl (C=O) groups is 1. The Morgan fingerprint density at radius 3 is 1.07 bits per heavy atom. The van der Waals surface area contributed by atoms with E-state index in [4.69, 9.17) is 9.05 Å². The highest BCUT2D eigenvalue weighted by atomic mass is 31.2. The van der Waals surface area contributed by atoms with Crippen LogP contribution in [0, 0.1) is 0 Å². The lowest BCUT2D eigenvalue weighted by Gasteiger charge is -2.26. The first kappa shape index (κ1) is 71.2. The van der Waals surface area contributed by atoms with E-state index in [9.17, 15) is 19.4 Å². The van der Waals surface area contributed by atoms with Crippen LogP contribution < -0.4 is 5.32 Å². The zero-order chi connectivity index (χ0) is 52.7. The molecule has 0 aromatic carbocycles. The van der Waals surface area contributed by atoms with Crippen LogP contribution in [-0.4, -0.2) is 73.4 Å². The Morgan fingerprint density at radius 1 is 0.458 bits per heavy atom. The minimum absolute atomic E-state index is 0.0781. The first-order valence-electron chi connectivity index (χ1n) is 32.1. The minimum atomic E-state index is -4.32. The van der Waals surface area contributed by atoms with Gasteiger partial charge >= 0.3 is 7.82 Å². The molecule has 0 aliphatic carbocycles. The van der Waals surface area contributed by atoms with Crippen molar-refractivity contribution in [1.82, 2.24) is 5.32 Å². The van der Waals surface area contributed by atoms with E-state index in [1.54, 1.807) is 0 Å². The van der Waals surface area contributed by atoms with Gasteiger partial charge < -0.3 is 19.8 Å². The fourth-order valence-electron chi connectivity index (χ4n) is 9.99. The Labute approximate surface area is 450 Å². The highest BCUT2D eigenvalue weighted by Gasteiger charge is 2.28. The summed E-state index contributed by atoms with van der Waals surface area (Å²) in [6, 6.07) is -0.758. The van der Waals surface area contributed by atoms with Gasteiger partial charge in [0, 0.05) is 6.42 Å². The molecule has 0 heterocycles. The summed E-state index contributed by atoms with van der Waals surface area (Å²) in [7, 11) is 1.64. The normalized spacial score (nSPS) is 13.8. The quantitative estimate of drug-likeness (QED) is 0.0243. The highest BCUT2D eigenvalue weighted by Crippen LogP contribution is 2.43. The van der Waals surface area contributed by atoms with Gasteiger partial charge in [0.05, 0.1) is 39.9 Å². The molecule has 0 bridgehead atoms. The molecular weight excluding hydrogens is 912 g/mol. The van der Waals surface area contributed by atoms with Gasteiger partial charge in [-0.3, -0.25) is 13.8 Å². The first-order valence-corrected chi connectivity index (χ1v) is 33.5. The summed E-state index contributed by atoms with van der Waals surface area (Å²) >= 11 is 0. The molecule has 1 amide bonds. The van der Waals surface area contributed by atoms with Gasteiger partial charge in [-0.15, -0.1) is 0 Å². The topological polar surface area (TPSA) is 105 Å². The molecule has 0 aliphatic heterocycles. The van der Waals surface area contributed by atoms with Crippen molar-refractivity contribution >= 4 is 13.7 Å². The van der Waals surface area contributed by atoms with Crippen LogP contribution in [0.4, 0.5) is 0 Å². The lowest BCUT2D eigenvalue weighted by molar-refractivity contribution is -0.870. The Bertz CT molecular complexity index is 1180. The molecule has 0 aromatic heterocycles. The molecule has 0 saturated carbocycles. The summed E-state index contributed by atoms with van der Waals surface area (Å²) in [5.41, 5.74) is 0. The van der Waals surface area contributed by atoms with Crippen LogP contribution in [0.15, 0.2) is 12.2 Å². The maximum atomic E-state index is 13.0. The van der Waals surface area contributed by atoms with E-state index < -0.39 is 20.0 Å². The van der Waals surface area contributed by atoms with Crippen LogP contribution in [0.25, 0.3) is 0 Å². The van der Waals surface area contributed by atoms with Gasteiger partial charge in [-0.2, -0.15) is 0 Å². The summed E-state index contributed by atoms with van der Waals surface area (Å²) in [6.07, 6.45) is 68.6. The summed E-state index contributed by atoms with van der Waals surface area (Å²) in [6.45, 7) is 4.95. The number of unbranched alkanes of at least 4 members (excludes halogenated alkanes) is 45. The number of amides is 1. The van der Waals surface area contributed by atoms with Crippen LogP contribution in [0.5, 0.6) is 0 Å². The van der Waals surface area contributed by atoms with Crippen molar-refractivity contribution in [3.63, 3.8) is 0 Å². The molecule has 0 spiro atoms. The molecule has 9 heteroatoms. The van der Waals surface area contributed by atoms with Gasteiger partial charge in [-0.1, -0.05) is 302 Å². The maximum Gasteiger partial charge on any atom is 0.472 e. The molecular formula is C63H128N2O6P+. The number of quaternary nitrogens is 1. The SMILES string of the molecule is CCCCCCCCCC/C=C\CCCCCCCCCCCCCCCCCCCC(=O)NC(COP(=O)(O)OCC[N+](C)(C)C)C(O)CCCCCCCCCCCCCCCCCCCCCCC. The van der Waals surface area contributed by atoms with Gasteiger partial charge in [-0.05, 0) is 38.5 Å². The molecule has 3 atom stereocenters. The standard InChI is InChI=1S/C63H127N2O6P/c1-6-8-10-12-14-16-18-20-22-24-26-28-29-30-31-32-33-34-35-37-39-41-43-45-47-49-51-53-55-57-63(67)64-61(60-71-72(68,69)70-59-58-65(3,4)5)62(66)56-54-52-50-48-46-44-42-40-38-36-27-25-23-21-19-17-15-13-11-9-7-2/h24,26,61-62,66H,6-23,25,27-60H2,1-5H3,(H-,64,67,68,69)/p+1/b26-24-. The lowest BCUT2D eigenvalue weighted by atomic mass is 10.0. The molecule has 0 rings (SSSR count). The van der Waals surface area contributed by atoms with Gasteiger partial charge in [0.25, 0.3) is 0 Å². The first-order chi connectivity index (χ1) is 35.0. The van der Waals surface area contributed by atoms with Crippen molar-refractivity contribution < 1.29 is 32.9 Å². The number of phosphoric ester groups is 1.